The molecule has 0 fully saturated rings. The minimum atomic E-state index is 0.554. The van der Waals surface area contributed by atoms with Crippen LogP contribution in [0.25, 0.3) is 11.1 Å². The second-order valence-electron chi connectivity index (χ2n) is 4.19. The molecule has 0 aromatic heterocycles. The van der Waals surface area contributed by atoms with Crippen LogP contribution in [0.3, 0.4) is 0 Å². The summed E-state index contributed by atoms with van der Waals surface area (Å²) in [6.07, 6.45) is 1.76. The molecule has 0 bridgehead atoms. The van der Waals surface area contributed by atoms with E-state index in [1.807, 2.05) is 30.3 Å². The lowest BCUT2D eigenvalue weighted by molar-refractivity contribution is 0.112. The molecule has 2 aromatic carbocycles. The van der Waals surface area contributed by atoms with E-state index in [0.29, 0.717) is 17.2 Å². The van der Waals surface area contributed by atoms with Crippen molar-refractivity contribution in [2.75, 3.05) is 6.61 Å². The van der Waals surface area contributed by atoms with Gasteiger partial charge in [0.25, 0.3) is 0 Å². The predicted molar refractivity (Wildman–Crippen MR) is 78.1 cm³/mol. The van der Waals surface area contributed by atoms with E-state index >= 15 is 0 Å². The topological polar surface area (TPSA) is 26.3 Å². The van der Waals surface area contributed by atoms with Gasteiger partial charge in [0.15, 0.2) is 6.29 Å². The van der Waals surface area contributed by atoms with Gasteiger partial charge < -0.3 is 4.74 Å². The van der Waals surface area contributed by atoms with Crippen LogP contribution in [0, 0.1) is 0 Å². The van der Waals surface area contributed by atoms with Gasteiger partial charge in [-0.25, -0.2) is 0 Å². The maximum absolute atomic E-state index is 11.2. The molecule has 2 rings (SSSR count). The number of rotatable bonds is 5. The van der Waals surface area contributed by atoms with Crippen LogP contribution in [0.2, 0.25) is 5.02 Å². The molecule has 0 saturated heterocycles. The predicted octanol–water partition coefficient (Wildman–Crippen LogP) is 4.61. The van der Waals surface area contributed by atoms with Crippen LogP contribution in [0.4, 0.5) is 0 Å². The summed E-state index contributed by atoms with van der Waals surface area (Å²) in [4.78, 5) is 11.2. The number of benzene rings is 2. The Morgan fingerprint density at radius 1 is 1.16 bits per heavy atom. The number of halogens is 1. The number of ether oxygens (including phenoxy) is 1. The average molecular weight is 275 g/mol. The van der Waals surface area contributed by atoms with Gasteiger partial charge in [-0.3, -0.25) is 4.79 Å². The molecule has 2 nitrogen and oxygen atoms in total. The van der Waals surface area contributed by atoms with Crippen molar-refractivity contribution >= 4 is 17.9 Å². The lowest BCUT2D eigenvalue weighted by Crippen LogP contribution is -1.98. The van der Waals surface area contributed by atoms with E-state index in [9.17, 15) is 4.79 Å². The normalized spacial score (nSPS) is 10.2. The van der Waals surface area contributed by atoms with Gasteiger partial charge in [-0.15, -0.1) is 0 Å². The molecule has 2 aromatic rings. The standard InChI is InChI=1S/C16H15ClO2/c1-2-9-19-16-6-4-3-5-15(16)14-8-7-13(17)10-12(14)11-18/h3-8,10-11H,2,9H2,1H3. The monoisotopic (exact) mass is 274 g/mol. The first kappa shape index (κ1) is 13.6. The van der Waals surface area contributed by atoms with Crippen LogP contribution >= 0.6 is 11.6 Å². The van der Waals surface area contributed by atoms with Crippen molar-refractivity contribution in [3.63, 3.8) is 0 Å². The molecule has 19 heavy (non-hydrogen) atoms. The molecule has 0 spiro atoms. The number of hydrogen-bond donors (Lipinski definition) is 0. The Morgan fingerprint density at radius 3 is 2.68 bits per heavy atom. The molecule has 0 N–H and O–H groups in total. The zero-order valence-corrected chi connectivity index (χ0v) is 11.5. The summed E-state index contributed by atoms with van der Waals surface area (Å²) < 4.78 is 5.72. The van der Waals surface area contributed by atoms with Gasteiger partial charge >= 0.3 is 0 Å². The number of hydrogen-bond acceptors (Lipinski definition) is 2. The van der Waals surface area contributed by atoms with Crippen LogP contribution in [-0.4, -0.2) is 12.9 Å². The second-order valence-corrected chi connectivity index (χ2v) is 4.63. The van der Waals surface area contributed by atoms with E-state index in [2.05, 4.69) is 6.92 Å². The third-order valence-electron chi connectivity index (χ3n) is 2.78. The van der Waals surface area contributed by atoms with E-state index < -0.39 is 0 Å². The van der Waals surface area contributed by atoms with Crippen LogP contribution in [0.5, 0.6) is 5.75 Å². The molecule has 0 unspecified atom stereocenters. The van der Waals surface area contributed by atoms with Crippen molar-refractivity contribution in [2.24, 2.45) is 0 Å². The fourth-order valence-electron chi connectivity index (χ4n) is 1.90. The third-order valence-corrected chi connectivity index (χ3v) is 3.01. The molecule has 0 atom stereocenters. The molecule has 0 aliphatic carbocycles. The highest BCUT2D eigenvalue weighted by Gasteiger charge is 2.10. The van der Waals surface area contributed by atoms with Crippen molar-refractivity contribution in [3.05, 3.63) is 53.1 Å². The maximum atomic E-state index is 11.2. The number of para-hydroxylation sites is 1. The fraction of sp³-hybridized carbons (Fsp3) is 0.188. The van der Waals surface area contributed by atoms with Gasteiger partial charge in [-0.05, 0) is 30.2 Å². The second kappa shape index (κ2) is 6.39. The highest BCUT2D eigenvalue weighted by atomic mass is 35.5. The SMILES string of the molecule is CCCOc1ccccc1-c1ccc(Cl)cc1C=O. The van der Waals surface area contributed by atoms with Gasteiger partial charge in [0.05, 0.1) is 6.61 Å². The smallest absolute Gasteiger partial charge is 0.150 e. The highest BCUT2D eigenvalue weighted by Crippen LogP contribution is 2.33. The summed E-state index contributed by atoms with van der Waals surface area (Å²) in [5.41, 5.74) is 2.32. The zero-order valence-electron chi connectivity index (χ0n) is 10.7. The Kier molecular flexibility index (Phi) is 4.58. The van der Waals surface area contributed by atoms with Crippen LogP contribution in [0.15, 0.2) is 42.5 Å². The Labute approximate surface area is 118 Å². The van der Waals surface area contributed by atoms with Crippen molar-refractivity contribution in [1.82, 2.24) is 0 Å². The van der Waals surface area contributed by atoms with E-state index in [1.165, 1.54) is 0 Å². The number of carbonyl (C=O) groups excluding carboxylic acids is 1. The zero-order chi connectivity index (χ0) is 13.7. The molecule has 0 aliphatic heterocycles. The quantitative estimate of drug-likeness (QED) is 0.744. The first-order valence-corrected chi connectivity index (χ1v) is 6.61. The first-order chi connectivity index (χ1) is 9.26. The minimum Gasteiger partial charge on any atom is -0.493 e. The van der Waals surface area contributed by atoms with Gasteiger partial charge in [0, 0.05) is 16.1 Å². The van der Waals surface area contributed by atoms with E-state index in [0.717, 1.165) is 29.6 Å². The van der Waals surface area contributed by atoms with Crippen LogP contribution in [-0.2, 0) is 0 Å². The van der Waals surface area contributed by atoms with E-state index in [4.69, 9.17) is 16.3 Å². The van der Waals surface area contributed by atoms with Gasteiger partial charge in [0.1, 0.15) is 5.75 Å². The van der Waals surface area contributed by atoms with Crippen LogP contribution < -0.4 is 4.74 Å². The Bertz CT molecular complexity index is 579. The molecule has 0 heterocycles. The van der Waals surface area contributed by atoms with Gasteiger partial charge in [-0.1, -0.05) is 42.8 Å². The molecule has 0 radical (unpaired) electrons. The molecule has 98 valence electrons. The van der Waals surface area contributed by atoms with E-state index in [-0.39, 0.29) is 0 Å². The highest BCUT2D eigenvalue weighted by molar-refractivity contribution is 6.31. The third kappa shape index (κ3) is 3.15. The average Bonchev–Trinajstić information content (AvgIpc) is 2.45. The minimum absolute atomic E-state index is 0.554. The van der Waals surface area contributed by atoms with Gasteiger partial charge in [0.2, 0.25) is 0 Å². The largest absolute Gasteiger partial charge is 0.493 e. The number of aldehydes is 1. The Morgan fingerprint density at radius 2 is 1.95 bits per heavy atom. The van der Waals surface area contributed by atoms with Gasteiger partial charge in [-0.2, -0.15) is 0 Å². The summed E-state index contributed by atoms with van der Waals surface area (Å²) in [7, 11) is 0. The fourth-order valence-corrected chi connectivity index (χ4v) is 2.08. The lowest BCUT2D eigenvalue weighted by Gasteiger charge is -2.12. The summed E-state index contributed by atoms with van der Waals surface area (Å²) in [6, 6.07) is 13.0. The molecular weight excluding hydrogens is 260 g/mol. The van der Waals surface area contributed by atoms with E-state index in [1.54, 1.807) is 12.1 Å². The van der Waals surface area contributed by atoms with Crippen LogP contribution in [0.1, 0.15) is 23.7 Å². The van der Waals surface area contributed by atoms with Crippen molar-refractivity contribution < 1.29 is 9.53 Å². The molecule has 0 aliphatic rings. The Balaban J connectivity index is 2.49. The first-order valence-electron chi connectivity index (χ1n) is 6.23. The molecule has 0 amide bonds. The maximum Gasteiger partial charge on any atom is 0.150 e. The van der Waals surface area contributed by atoms with Crippen molar-refractivity contribution in [2.45, 2.75) is 13.3 Å². The van der Waals surface area contributed by atoms with Crippen molar-refractivity contribution in [1.29, 1.82) is 0 Å². The van der Waals surface area contributed by atoms with Crippen molar-refractivity contribution in [3.8, 4) is 16.9 Å². The lowest BCUT2D eigenvalue weighted by atomic mass is 9.99. The summed E-state index contributed by atoms with van der Waals surface area (Å²) in [6.45, 7) is 2.71. The Hall–Kier alpha value is -1.80. The summed E-state index contributed by atoms with van der Waals surface area (Å²) in [5, 5.41) is 0.554. The molecule has 3 heteroatoms. The number of carbonyl (C=O) groups is 1. The summed E-state index contributed by atoms with van der Waals surface area (Å²) in [5.74, 6) is 0.787. The summed E-state index contributed by atoms with van der Waals surface area (Å²) >= 11 is 5.92. The molecular formula is C16H15ClO2. The molecule has 0 saturated carbocycles.